The summed E-state index contributed by atoms with van der Waals surface area (Å²) in [5.74, 6) is 1.36. The summed E-state index contributed by atoms with van der Waals surface area (Å²) < 4.78 is 16.5. The molecule has 2 aromatic carbocycles. The van der Waals surface area contributed by atoms with Gasteiger partial charge in [-0.2, -0.15) is 0 Å². The molecule has 36 heavy (non-hydrogen) atoms. The highest BCUT2D eigenvalue weighted by Crippen LogP contribution is 2.31. The van der Waals surface area contributed by atoms with E-state index in [2.05, 4.69) is 9.88 Å². The molecule has 9 nitrogen and oxygen atoms in total. The molecule has 0 bridgehead atoms. The smallest absolute Gasteiger partial charge is 0.260 e. The van der Waals surface area contributed by atoms with E-state index in [0.29, 0.717) is 43.1 Å². The number of aromatic hydroxyl groups is 1. The first kappa shape index (κ1) is 23.2. The summed E-state index contributed by atoms with van der Waals surface area (Å²) in [4.78, 5) is 34.0. The number of carbonyl (C=O) groups is 1. The van der Waals surface area contributed by atoms with Gasteiger partial charge in [0.1, 0.15) is 40.3 Å². The minimum absolute atomic E-state index is 0.0487. The highest BCUT2D eigenvalue weighted by Gasteiger charge is 2.22. The Morgan fingerprint density at radius 3 is 2.53 bits per heavy atom. The molecular weight excluding hydrogens is 462 g/mol. The van der Waals surface area contributed by atoms with Gasteiger partial charge >= 0.3 is 0 Å². The van der Waals surface area contributed by atoms with Gasteiger partial charge in [-0.05, 0) is 29.8 Å². The maximum absolute atomic E-state index is 13.1. The summed E-state index contributed by atoms with van der Waals surface area (Å²) in [7, 11) is 1.56. The summed E-state index contributed by atoms with van der Waals surface area (Å²) in [5, 5.41) is 10.6. The Morgan fingerprint density at radius 1 is 1.06 bits per heavy atom. The fourth-order valence-corrected chi connectivity index (χ4v) is 4.22. The van der Waals surface area contributed by atoms with Gasteiger partial charge in [0.15, 0.2) is 6.61 Å². The van der Waals surface area contributed by atoms with Crippen molar-refractivity contribution in [3.8, 4) is 28.4 Å². The molecule has 0 aliphatic carbocycles. The molecule has 0 saturated carbocycles. The number of pyridine rings is 1. The van der Waals surface area contributed by atoms with Crippen molar-refractivity contribution in [3.63, 3.8) is 0 Å². The number of phenolic OH excluding ortho intramolecular Hbond substituents is 1. The van der Waals surface area contributed by atoms with Crippen molar-refractivity contribution >= 4 is 22.7 Å². The molecular formula is C27H25N3O6. The van der Waals surface area contributed by atoms with Gasteiger partial charge in [0.25, 0.3) is 5.91 Å². The van der Waals surface area contributed by atoms with Crippen molar-refractivity contribution in [2.24, 2.45) is 0 Å². The van der Waals surface area contributed by atoms with E-state index in [9.17, 15) is 14.7 Å². The number of nitrogens with zero attached hydrogens (tertiary/aromatic N) is 3. The summed E-state index contributed by atoms with van der Waals surface area (Å²) in [6.07, 6.45) is 3.10. The molecule has 1 aliphatic rings. The van der Waals surface area contributed by atoms with Crippen LogP contribution in [-0.4, -0.2) is 60.8 Å². The number of phenols is 1. The lowest BCUT2D eigenvalue weighted by molar-refractivity contribution is -0.133. The Labute approximate surface area is 207 Å². The fourth-order valence-electron chi connectivity index (χ4n) is 4.22. The maximum atomic E-state index is 13.1. The first-order valence-corrected chi connectivity index (χ1v) is 11.5. The van der Waals surface area contributed by atoms with Gasteiger partial charge in [-0.1, -0.05) is 18.2 Å². The molecule has 0 radical (unpaired) electrons. The van der Waals surface area contributed by atoms with Crippen LogP contribution in [0.15, 0.2) is 76.3 Å². The zero-order chi connectivity index (χ0) is 25.1. The molecule has 1 aliphatic heterocycles. The lowest BCUT2D eigenvalue weighted by Crippen LogP contribution is -2.50. The second-order valence-electron chi connectivity index (χ2n) is 8.37. The summed E-state index contributed by atoms with van der Waals surface area (Å²) in [5.41, 5.74) is 0.755. The third-order valence-electron chi connectivity index (χ3n) is 6.20. The third-order valence-corrected chi connectivity index (χ3v) is 6.20. The predicted octanol–water partition coefficient (Wildman–Crippen LogP) is 3.30. The Balaban J connectivity index is 1.26. The van der Waals surface area contributed by atoms with E-state index in [1.165, 1.54) is 18.4 Å². The van der Waals surface area contributed by atoms with Gasteiger partial charge in [-0.25, -0.2) is 4.98 Å². The molecule has 1 fully saturated rings. The number of benzene rings is 2. The Bertz CT molecular complexity index is 1430. The first-order valence-electron chi connectivity index (χ1n) is 11.5. The van der Waals surface area contributed by atoms with Crippen molar-refractivity contribution in [3.05, 3.63) is 77.3 Å². The number of methoxy groups -OCH3 is 1. The zero-order valence-corrected chi connectivity index (χ0v) is 19.7. The number of ether oxygens (including phenoxy) is 2. The van der Waals surface area contributed by atoms with Gasteiger partial charge in [0.05, 0.1) is 12.7 Å². The first-order chi connectivity index (χ1) is 17.5. The second kappa shape index (κ2) is 9.99. The number of aromatic nitrogens is 1. The molecule has 0 atom stereocenters. The molecule has 184 valence electrons. The molecule has 1 amide bonds. The van der Waals surface area contributed by atoms with E-state index in [-0.39, 0.29) is 40.4 Å². The summed E-state index contributed by atoms with van der Waals surface area (Å²) in [6.45, 7) is 2.29. The molecule has 4 aromatic rings. The maximum Gasteiger partial charge on any atom is 0.260 e. The molecule has 0 spiro atoms. The van der Waals surface area contributed by atoms with Crippen LogP contribution in [0.1, 0.15) is 0 Å². The molecule has 0 unspecified atom stereocenters. The molecule has 1 saturated heterocycles. The van der Waals surface area contributed by atoms with Crippen LogP contribution in [0.4, 0.5) is 5.82 Å². The number of fused-ring (bicyclic) bond motifs is 1. The zero-order valence-electron chi connectivity index (χ0n) is 19.7. The number of anilines is 1. The van der Waals surface area contributed by atoms with E-state index in [1.54, 1.807) is 42.5 Å². The average Bonchev–Trinajstić information content (AvgIpc) is 2.92. The fraction of sp³-hybridized carbons (Fsp3) is 0.222. The molecule has 2 aromatic heterocycles. The van der Waals surface area contributed by atoms with Crippen LogP contribution < -0.4 is 19.8 Å². The van der Waals surface area contributed by atoms with E-state index in [0.717, 1.165) is 5.82 Å². The van der Waals surface area contributed by atoms with E-state index < -0.39 is 0 Å². The van der Waals surface area contributed by atoms with Crippen LogP contribution >= 0.6 is 0 Å². The van der Waals surface area contributed by atoms with Crippen LogP contribution in [0.25, 0.3) is 22.1 Å². The lowest BCUT2D eigenvalue weighted by atomic mass is 10.0. The number of amides is 1. The van der Waals surface area contributed by atoms with Crippen molar-refractivity contribution in [1.82, 2.24) is 9.88 Å². The monoisotopic (exact) mass is 487 g/mol. The van der Waals surface area contributed by atoms with Crippen LogP contribution in [0.2, 0.25) is 0 Å². The number of hydrogen-bond acceptors (Lipinski definition) is 8. The summed E-state index contributed by atoms with van der Waals surface area (Å²) >= 11 is 0. The van der Waals surface area contributed by atoms with Gasteiger partial charge < -0.3 is 28.8 Å². The predicted molar refractivity (Wildman–Crippen MR) is 135 cm³/mol. The van der Waals surface area contributed by atoms with E-state index >= 15 is 0 Å². The lowest BCUT2D eigenvalue weighted by Gasteiger charge is -2.35. The minimum Gasteiger partial charge on any atom is -0.507 e. The van der Waals surface area contributed by atoms with Gasteiger partial charge in [0, 0.05) is 44.5 Å². The topological polar surface area (TPSA) is 105 Å². The second-order valence-corrected chi connectivity index (χ2v) is 8.37. The van der Waals surface area contributed by atoms with Gasteiger partial charge in [0.2, 0.25) is 5.43 Å². The largest absolute Gasteiger partial charge is 0.507 e. The van der Waals surface area contributed by atoms with Crippen molar-refractivity contribution in [2.75, 3.05) is 44.8 Å². The Hall–Kier alpha value is -4.53. The van der Waals surface area contributed by atoms with Crippen molar-refractivity contribution < 1.29 is 23.8 Å². The highest BCUT2D eigenvalue weighted by atomic mass is 16.5. The van der Waals surface area contributed by atoms with Crippen LogP contribution in [-0.2, 0) is 4.79 Å². The average molecular weight is 488 g/mol. The Kier molecular flexibility index (Phi) is 6.44. The Morgan fingerprint density at radius 2 is 1.83 bits per heavy atom. The van der Waals surface area contributed by atoms with Crippen LogP contribution in [0.3, 0.4) is 0 Å². The quantitative estimate of drug-likeness (QED) is 0.442. The summed E-state index contributed by atoms with van der Waals surface area (Å²) in [6, 6.07) is 15.6. The SMILES string of the molecule is COc1ccc(-c2coc3cc(OCC(=O)N4CCN(c5ccccn5)CC4)cc(O)c3c2=O)cc1. The molecule has 5 rings (SSSR count). The molecule has 1 N–H and O–H groups in total. The van der Waals surface area contributed by atoms with Crippen molar-refractivity contribution in [1.29, 1.82) is 0 Å². The van der Waals surface area contributed by atoms with Crippen LogP contribution in [0, 0.1) is 0 Å². The third kappa shape index (κ3) is 4.68. The van der Waals surface area contributed by atoms with Crippen LogP contribution in [0.5, 0.6) is 17.2 Å². The normalized spacial score (nSPS) is 13.6. The van der Waals surface area contributed by atoms with Gasteiger partial charge in [-0.3, -0.25) is 9.59 Å². The number of carbonyl (C=O) groups excluding carboxylic acids is 1. The highest BCUT2D eigenvalue weighted by molar-refractivity contribution is 5.88. The number of hydrogen-bond donors (Lipinski definition) is 1. The van der Waals surface area contributed by atoms with Crippen molar-refractivity contribution in [2.45, 2.75) is 0 Å². The standard InChI is InChI=1S/C27H25N3O6/c1-34-19-7-5-18(6-8-19)21-16-36-23-15-20(14-22(31)26(23)27(21)33)35-17-25(32)30-12-10-29(11-13-30)24-4-2-3-9-28-24/h2-9,14-16,31H,10-13,17H2,1H3. The van der Waals surface area contributed by atoms with E-state index in [1.807, 2.05) is 18.2 Å². The molecule has 3 heterocycles. The molecule has 9 heteroatoms. The number of rotatable bonds is 6. The van der Waals surface area contributed by atoms with Gasteiger partial charge in [-0.15, -0.1) is 0 Å². The minimum atomic E-state index is -0.368. The number of piperazine rings is 1. The van der Waals surface area contributed by atoms with E-state index in [4.69, 9.17) is 13.9 Å².